The van der Waals surface area contributed by atoms with Crippen LogP contribution in [0.5, 0.6) is 0 Å². The van der Waals surface area contributed by atoms with Crippen molar-refractivity contribution in [1.82, 2.24) is 20.3 Å². The van der Waals surface area contributed by atoms with Crippen molar-refractivity contribution in [2.75, 3.05) is 18.0 Å². The van der Waals surface area contributed by atoms with E-state index in [2.05, 4.69) is 22.6 Å². The van der Waals surface area contributed by atoms with E-state index in [1.165, 1.54) is 0 Å². The molecule has 1 aliphatic rings. The SMILES string of the molecule is CCc1cccc(C)c1N1C[C@@H](C(=O)NCCCn2ccnn2)CC1=O. The summed E-state index contributed by atoms with van der Waals surface area (Å²) in [7, 11) is 0. The largest absolute Gasteiger partial charge is 0.356 e. The number of anilines is 1. The third-order valence-electron chi connectivity index (χ3n) is 4.80. The third-order valence-corrected chi connectivity index (χ3v) is 4.80. The van der Waals surface area contributed by atoms with Gasteiger partial charge in [-0.15, -0.1) is 5.10 Å². The van der Waals surface area contributed by atoms with Crippen molar-refractivity contribution in [3.8, 4) is 0 Å². The summed E-state index contributed by atoms with van der Waals surface area (Å²) in [5, 5.41) is 10.6. The van der Waals surface area contributed by atoms with E-state index in [0.717, 1.165) is 29.7 Å². The van der Waals surface area contributed by atoms with Crippen LogP contribution in [0.1, 0.15) is 30.9 Å². The molecule has 0 bridgehead atoms. The zero-order valence-electron chi connectivity index (χ0n) is 15.3. The van der Waals surface area contributed by atoms with Crippen molar-refractivity contribution >= 4 is 17.5 Å². The van der Waals surface area contributed by atoms with Gasteiger partial charge in [-0.3, -0.25) is 14.3 Å². The Hall–Kier alpha value is -2.70. The van der Waals surface area contributed by atoms with E-state index >= 15 is 0 Å². The number of carbonyl (C=O) groups excluding carboxylic acids is 2. The van der Waals surface area contributed by atoms with Crippen LogP contribution < -0.4 is 10.2 Å². The van der Waals surface area contributed by atoms with E-state index in [0.29, 0.717) is 19.6 Å². The van der Waals surface area contributed by atoms with E-state index in [1.54, 1.807) is 22.0 Å². The summed E-state index contributed by atoms with van der Waals surface area (Å²) in [6, 6.07) is 6.07. The minimum Gasteiger partial charge on any atom is -0.356 e. The van der Waals surface area contributed by atoms with E-state index in [-0.39, 0.29) is 24.2 Å². The lowest BCUT2D eigenvalue weighted by Crippen LogP contribution is -2.34. The highest BCUT2D eigenvalue weighted by Gasteiger charge is 2.36. The van der Waals surface area contributed by atoms with Gasteiger partial charge in [0, 0.05) is 37.9 Å². The lowest BCUT2D eigenvalue weighted by Gasteiger charge is -2.22. The molecule has 1 atom stereocenters. The maximum absolute atomic E-state index is 12.5. The van der Waals surface area contributed by atoms with Crippen molar-refractivity contribution < 1.29 is 9.59 Å². The molecular formula is C19H25N5O2. The summed E-state index contributed by atoms with van der Waals surface area (Å²) in [6.45, 7) is 5.82. The van der Waals surface area contributed by atoms with Crippen molar-refractivity contribution in [2.45, 2.75) is 39.7 Å². The predicted octanol–water partition coefficient (Wildman–Crippen LogP) is 1.71. The van der Waals surface area contributed by atoms with Crippen LogP contribution in [0, 0.1) is 12.8 Å². The van der Waals surface area contributed by atoms with Crippen LogP contribution in [0.25, 0.3) is 0 Å². The average Bonchev–Trinajstić information content (AvgIpc) is 3.28. The van der Waals surface area contributed by atoms with Crippen LogP contribution >= 0.6 is 0 Å². The first kappa shape index (κ1) is 18.1. The Morgan fingerprint density at radius 1 is 1.38 bits per heavy atom. The van der Waals surface area contributed by atoms with Crippen molar-refractivity contribution in [2.24, 2.45) is 5.92 Å². The highest BCUT2D eigenvalue weighted by Crippen LogP contribution is 2.31. The number of rotatable bonds is 7. The molecule has 1 aliphatic heterocycles. The second-order valence-corrected chi connectivity index (χ2v) is 6.65. The topological polar surface area (TPSA) is 80.1 Å². The highest BCUT2D eigenvalue weighted by molar-refractivity contribution is 6.01. The second kappa shape index (κ2) is 8.12. The molecule has 26 heavy (non-hydrogen) atoms. The molecule has 0 radical (unpaired) electrons. The third kappa shape index (κ3) is 3.92. The number of aromatic nitrogens is 3. The van der Waals surface area contributed by atoms with Gasteiger partial charge in [-0.2, -0.15) is 0 Å². The van der Waals surface area contributed by atoms with Gasteiger partial charge in [0.2, 0.25) is 11.8 Å². The van der Waals surface area contributed by atoms with Crippen molar-refractivity contribution in [3.63, 3.8) is 0 Å². The number of hydrogen-bond donors (Lipinski definition) is 1. The Bertz CT molecular complexity index is 772. The Morgan fingerprint density at radius 3 is 2.96 bits per heavy atom. The molecule has 3 rings (SSSR count). The van der Waals surface area contributed by atoms with Gasteiger partial charge in [-0.1, -0.05) is 30.3 Å². The lowest BCUT2D eigenvalue weighted by molar-refractivity contribution is -0.126. The number of benzene rings is 1. The first-order chi connectivity index (χ1) is 12.6. The molecule has 0 spiro atoms. The van der Waals surface area contributed by atoms with Crippen LogP contribution in [0.4, 0.5) is 5.69 Å². The van der Waals surface area contributed by atoms with Crippen LogP contribution in [0.2, 0.25) is 0 Å². The average molecular weight is 355 g/mol. The molecule has 2 aromatic rings. The van der Waals surface area contributed by atoms with Gasteiger partial charge < -0.3 is 10.2 Å². The number of nitrogens with zero attached hydrogens (tertiary/aromatic N) is 4. The van der Waals surface area contributed by atoms with Crippen LogP contribution in [0.3, 0.4) is 0 Å². The Labute approximate surface area is 153 Å². The molecular weight excluding hydrogens is 330 g/mol. The predicted molar refractivity (Wildman–Crippen MR) is 98.7 cm³/mol. The number of carbonyl (C=O) groups is 2. The molecule has 138 valence electrons. The fourth-order valence-electron chi connectivity index (χ4n) is 3.44. The Morgan fingerprint density at radius 2 is 2.23 bits per heavy atom. The number of aryl methyl sites for hydroxylation is 3. The standard InChI is InChI=1S/C19H25N5O2/c1-3-15-7-4-6-14(2)18(15)24-13-16(12-17(24)25)19(26)20-8-5-10-23-11-9-21-22-23/h4,6-7,9,11,16H,3,5,8,10,12-13H2,1-2H3,(H,20,26)/t16-/m0/s1. The fourth-order valence-corrected chi connectivity index (χ4v) is 3.44. The van der Waals surface area contributed by atoms with Crippen molar-refractivity contribution in [1.29, 1.82) is 0 Å². The zero-order valence-corrected chi connectivity index (χ0v) is 15.3. The number of amides is 2. The molecule has 1 saturated heterocycles. The molecule has 7 heteroatoms. The summed E-state index contributed by atoms with van der Waals surface area (Å²) in [4.78, 5) is 26.8. The van der Waals surface area contributed by atoms with Crippen LogP contribution in [-0.4, -0.2) is 39.9 Å². The Balaban J connectivity index is 1.56. The molecule has 0 unspecified atom stereocenters. The van der Waals surface area contributed by atoms with Gasteiger partial charge in [0.1, 0.15) is 0 Å². The minimum absolute atomic E-state index is 0.0248. The van der Waals surface area contributed by atoms with Crippen LogP contribution in [0.15, 0.2) is 30.6 Å². The number of nitrogens with one attached hydrogen (secondary N) is 1. The van der Waals surface area contributed by atoms with E-state index in [9.17, 15) is 9.59 Å². The zero-order chi connectivity index (χ0) is 18.5. The maximum atomic E-state index is 12.5. The fraction of sp³-hybridized carbons (Fsp3) is 0.474. The maximum Gasteiger partial charge on any atom is 0.227 e. The van der Waals surface area contributed by atoms with E-state index in [4.69, 9.17) is 0 Å². The molecule has 0 saturated carbocycles. The monoisotopic (exact) mass is 355 g/mol. The molecule has 1 N–H and O–H groups in total. The van der Waals surface area contributed by atoms with Gasteiger partial charge in [0.25, 0.3) is 0 Å². The van der Waals surface area contributed by atoms with Gasteiger partial charge in [-0.25, -0.2) is 0 Å². The first-order valence-electron chi connectivity index (χ1n) is 9.10. The molecule has 1 aromatic heterocycles. The highest BCUT2D eigenvalue weighted by atomic mass is 16.2. The molecule has 2 amide bonds. The molecule has 7 nitrogen and oxygen atoms in total. The van der Waals surface area contributed by atoms with E-state index in [1.807, 2.05) is 25.1 Å². The summed E-state index contributed by atoms with van der Waals surface area (Å²) in [5.74, 6) is -0.318. The summed E-state index contributed by atoms with van der Waals surface area (Å²) in [6.07, 6.45) is 5.33. The van der Waals surface area contributed by atoms with E-state index < -0.39 is 0 Å². The molecule has 1 fully saturated rings. The Kier molecular flexibility index (Phi) is 5.65. The van der Waals surface area contributed by atoms with Gasteiger partial charge >= 0.3 is 0 Å². The van der Waals surface area contributed by atoms with Gasteiger partial charge in [0.15, 0.2) is 0 Å². The molecule has 0 aliphatic carbocycles. The number of hydrogen-bond acceptors (Lipinski definition) is 4. The summed E-state index contributed by atoms with van der Waals surface area (Å²) >= 11 is 0. The van der Waals surface area contributed by atoms with Crippen LogP contribution in [-0.2, 0) is 22.6 Å². The summed E-state index contributed by atoms with van der Waals surface area (Å²) < 4.78 is 1.73. The molecule has 2 heterocycles. The summed E-state index contributed by atoms with van der Waals surface area (Å²) in [5.41, 5.74) is 3.19. The smallest absolute Gasteiger partial charge is 0.227 e. The first-order valence-corrected chi connectivity index (χ1v) is 9.10. The normalized spacial score (nSPS) is 16.9. The second-order valence-electron chi connectivity index (χ2n) is 6.65. The number of para-hydroxylation sites is 1. The van der Waals surface area contributed by atoms with Crippen molar-refractivity contribution in [3.05, 3.63) is 41.7 Å². The minimum atomic E-state index is -0.293. The van der Waals surface area contributed by atoms with Gasteiger partial charge in [0.05, 0.1) is 12.1 Å². The quantitative estimate of drug-likeness (QED) is 0.767. The molecule has 1 aromatic carbocycles. The van der Waals surface area contributed by atoms with Gasteiger partial charge in [-0.05, 0) is 30.9 Å². The lowest BCUT2D eigenvalue weighted by atomic mass is 10.0.